The van der Waals surface area contributed by atoms with E-state index in [1.165, 1.54) is 18.4 Å². The topological polar surface area (TPSA) is 66.7 Å². The van der Waals surface area contributed by atoms with Crippen molar-refractivity contribution in [2.45, 2.75) is 45.8 Å². The summed E-state index contributed by atoms with van der Waals surface area (Å²) >= 11 is 0. The number of rotatable bonds is 10. The van der Waals surface area contributed by atoms with Gasteiger partial charge >= 0.3 is 0 Å². The van der Waals surface area contributed by atoms with Gasteiger partial charge in [0.1, 0.15) is 5.82 Å². The maximum atomic E-state index is 5.57. The summed E-state index contributed by atoms with van der Waals surface area (Å²) in [6.07, 6.45) is 6.26. The van der Waals surface area contributed by atoms with E-state index in [1.54, 1.807) is 0 Å². The van der Waals surface area contributed by atoms with Gasteiger partial charge in [-0.3, -0.25) is 9.89 Å². The molecule has 2 aromatic rings. The molecule has 0 aliphatic carbocycles. The van der Waals surface area contributed by atoms with Crippen LogP contribution in [-0.4, -0.2) is 66.3 Å². The Hall–Kier alpha value is -1.65. The van der Waals surface area contributed by atoms with Crippen LogP contribution in [0.5, 0.6) is 0 Å². The third-order valence-electron chi connectivity index (χ3n) is 6.22. The number of halogens is 1. The molecule has 1 fully saturated rings. The standard InChI is InChI=1S/C24H38N6O.HI/c1-4-21(5-2)22(29-13-15-31-16-14-29)17-27-24(25-3)28-18-23-26-11-12-30(23)19-20-9-7-6-8-10-20;/h6-12,21-22H,4-5,13-19H2,1-3H3,(H2,25,27,28);1H. The molecule has 1 saturated heterocycles. The van der Waals surface area contributed by atoms with Crippen molar-refractivity contribution in [2.24, 2.45) is 10.9 Å². The van der Waals surface area contributed by atoms with Crippen molar-refractivity contribution >= 4 is 29.9 Å². The largest absolute Gasteiger partial charge is 0.379 e. The zero-order valence-electron chi connectivity index (χ0n) is 19.7. The first-order valence-electron chi connectivity index (χ1n) is 11.5. The molecular formula is C24H39IN6O. The fourth-order valence-electron chi connectivity index (χ4n) is 4.35. The van der Waals surface area contributed by atoms with E-state index in [-0.39, 0.29) is 24.0 Å². The van der Waals surface area contributed by atoms with Gasteiger partial charge in [-0.15, -0.1) is 24.0 Å². The Bertz CT molecular complexity index is 787. The van der Waals surface area contributed by atoms with E-state index in [0.29, 0.717) is 18.5 Å². The lowest BCUT2D eigenvalue weighted by Crippen LogP contribution is -2.53. The van der Waals surface area contributed by atoms with Crippen molar-refractivity contribution in [3.63, 3.8) is 0 Å². The van der Waals surface area contributed by atoms with Gasteiger partial charge in [-0.2, -0.15) is 0 Å². The Kier molecular flexibility index (Phi) is 12.0. The average Bonchev–Trinajstić information content (AvgIpc) is 3.26. The van der Waals surface area contributed by atoms with Gasteiger partial charge in [-0.25, -0.2) is 4.98 Å². The molecule has 178 valence electrons. The van der Waals surface area contributed by atoms with Gasteiger partial charge in [0.25, 0.3) is 0 Å². The van der Waals surface area contributed by atoms with Crippen LogP contribution in [0.2, 0.25) is 0 Å². The van der Waals surface area contributed by atoms with Crippen molar-refractivity contribution in [3.05, 3.63) is 54.1 Å². The summed E-state index contributed by atoms with van der Waals surface area (Å²) in [5.41, 5.74) is 1.27. The molecule has 7 nitrogen and oxygen atoms in total. The Balaban J connectivity index is 0.00000363. The number of hydrogen-bond acceptors (Lipinski definition) is 4. The summed E-state index contributed by atoms with van der Waals surface area (Å²) in [7, 11) is 1.83. The summed E-state index contributed by atoms with van der Waals surface area (Å²) in [5.74, 6) is 2.48. The first-order chi connectivity index (χ1) is 15.2. The number of nitrogens with one attached hydrogen (secondary N) is 2. The molecule has 2 heterocycles. The number of aliphatic imine (C=N–C) groups is 1. The predicted octanol–water partition coefficient (Wildman–Crippen LogP) is 3.35. The van der Waals surface area contributed by atoms with Gasteiger partial charge in [-0.1, -0.05) is 57.0 Å². The number of guanidine groups is 1. The second-order valence-electron chi connectivity index (χ2n) is 8.06. The maximum absolute atomic E-state index is 5.57. The molecule has 0 bridgehead atoms. The second-order valence-corrected chi connectivity index (χ2v) is 8.06. The monoisotopic (exact) mass is 554 g/mol. The first-order valence-corrected chi connectivity index (χ1v) is 11.5. The molecule has 0 spiro atoms. The molecule has 1 aromatic heterocycles. The molecule has 32 heavy (non-hydrogen) atoms. The van der Waals surface area contributed by atoms with Crippen LogP contribution >= 0.6 is 24.0 Å². The lowest BCUT2D eigenvalue weighted by Gasteiger charge is -2.39. The van der Waals surface area contributed by atoms with E-state index in [1.807, 2.05) is 25.5 Å². The van der Waals surface area contributed by atoms with Crippen LogP contribution in [0.3, 0.4) is 0 Å². The van der Waals surface area contributed by atoms with E-state index in [9.17, 15) is 0 Å². The van der Waals surface area contributed by atoms with Gasteiger partial charge in [0.15, 0.2) is 5.96 Å². The molecule has 1 atom stereocenters. The molecular weight excluding hydrogens is 515 g/mol. The fourth-order valence-corrected chi connectivity index (χ4v) is 4.35. The number of imidazole rings is 1. The zero-order valence-corrected chi connectivity index (χ0v) is 22.0. The summed E-state index contributed by atoms with van der Waals surface area (Å²) in [4.78, 5) is 11.6. The minimum absolute atomic E-state index is 0. The average molecular weight is 555 g/mol. The van der Waals surface area contributed by atoms with Crippen LogP contribution in [0.4, 0.5) is 0 Å². The highest BCUT2D eigenvalue weighted by molar-refractivity contribution is 14.0. The van der Waals surface area contributed by atoms with Crippen LogP contribution in [-0.2, 0) is 17.8 Å². The van der Waals surface area contributed by atoms with Crippen molar-refractivity contribution in [1.29, 1.82) is 0 Å². The molecule has 0 amide bonds. The minimum Gasteiger partial charge on any atom is -0.379 e. The molecule has 0 saturated carbocycles. The highest BCUT2D eigenvalue weighted by Gasteiger charge is 2.27. The SMILES string of the molecule is CCC(CC)C(CNC(=NC)NCc1nccn1Cc1ccccc1)N1CCOCC1.I. The van der Waals surface area contributed by atoms with Gasteiger partial charge in [0.05, 0.1) is 19.8 Å². The van der Waals surface area contributed by atoms with Crippen molar-refractivity contribution in [3.8, 4) is 0 Å². The maximum Gasteiger partial charge on any atom is 0.191 e. The molecule has 0 radical (unpaired) electrons. The van der Waals surface area contributed by atoms with E-state index >= 15 is 0 Å². The number of benzene rings is 1. The Morgan fingerprint density at radius 3 is 2.50 bits per heavy atom. The zero-order chi connectivity index (χ0) is 21.9. The molecule has 1 aliphatic heterocycles. The lowest BCUT2D eigenvalue weighted by atomic mass is 9.92. The Morgan fingerprint density at radius 2 is 1.84 bits per heavy atom. The Morgan fingerprint density at radius 1 is 1.12 bits per heavy atom. The molecule has 3 rings (SSSR count). The molecule has 1 aliphatic rings. The Labute approximate surface area is 210 Å². The van der Waals surface area contributed by atoms with Crippen LogP contribution in [0.25, 0.3) is 0 Å². The van der Waals surface area contributed by atoms with E-state index in [0.717, 1.165) is 51.2 Å². The molecule has 8 heteroatoms. The summed E-state index contributed by atoms with van der Waals surface area (Å²) in [5, 5.41) is 7.01. The quantitative estimate of drug-likeness (QED) is 0.268. The van der Waals surface area contributed by atoms with Gasteiger partial charge in [-0.05, 0) is 11.5 Å². The summed E-state index contributed by atoms with van der Waals surface area (Å²) < 4.78 is 7.75. The number of nitrogens with zero attached hydrogens (tertiary/aromatic N) is 4. The summed E-state index contributed by atoms with van der Waals surface area (Å²) in [6, 6.07) is 10.9. The van der Waals surface area contributed by atoms with E-state index in [4.69, 9.17) is 4.74 Å². The van der Waals surface area contributed by atoms with Gasteiger partial charge in [0, 0.05) is 51.7 Å². The summed E-state index contributed by atoms with van der Waals surface area (Å²) in [6.45, 7) is 10.6. The van der Waals surface area contributed by atoms with E-state index in [2.05, 4.69) is 68.2 Å². The van der Waals surface area contributed by atoms with Gasteiger partial charge < -0.3 is 19.9 Å². The fraction of sp³-hybridized carbons (Fsp3) is 0.583. The second kappa shape index (κ2) is 14.5. The third kappa shape index (κ3) is 7.74. The van der Waals surface area contributed by atoms with E-state index < -0.39 is 0 Å². The van der Waals surface area contributed by atoms with Crippen LogP contribution in [0.1, 0.15) is 38.1 Å². The molecule has 2 N–H and O–H groups in total. The van der Waals surface area contributed by atoms with Crippen LogP contribution < -0.4 is 10.6 Å². The highest BCUT2D eigenvalue weighted by Crippen LogP contribution is 2.19. The third-order valence-corrected chi connectivity index (χ3v) is 6.22. The van der Waals surface area contributed by atoms with Crippen LogP contribution in [0, 0.1) is 5.92 Å². The normalized spacial score (nSPS) is 15.9. The molecule has 1 aromatic carbocycles. The smallest absolute Gasteiger partial charge is 0.191 e. The number of morpholine rings is 1. The number of aromatic nitrogens is 2. The highest BCUT2D eigenvalue weighted by atomic mass is 127. The number of ether oxygens (including phenoxy) is 1. The molecule has 1 unspecified atom stereocenters. The van der Waals surface area contributed by atoms with Crippen molar-refractivity contribution in [2.75, 3.05) is 39.9 Å². The number of hydrogen-bond donors (Lipinski definition) is 2. The van der Waals surface area contributed by atoms with Gasteiger partial charge in [0.2, 0.25) is 0 Å². The van der Waals surface area contributed by atoms with Crippen molar-refractivity contribution in [1.82, 2.24) is 25.1 Å². The first kappa shape index (κ1) is 26.6. The lowest BCUT2D eigenvalue weighted by molar-refractivity contribution is 0.00272. The van der Waals surface area contributed by atoms with Crippen LogP contribution in [0.15, 0.2) is 47.7 Å². The minimum atomic E-state index is 0. The predicted molar refractivity (Wildman–Crippen MR) is 142 cm³/mol. The van der Waals surface area contributed by atoms with Crippen molar-refractivity contribution < 1.29 is 4.74 Å².